The van der Waals surface area contributed by atoms with Crippen molar-refractivity contribution in [1.29, 1.82) is 0 Å². The second-order valence-electron chi connectivity index (χ2n) is 7.54. The van der Waals surface area contributed by atoms with Crippen LogP contribution in [0.15, 0.2) is 78.9 Å². The molecule has 0 spiro atoms. The van der Waals surface area contributed by atoms with Crippen molar-refractivity contribution in [3.8, 4) is 0 Å². The summed E-state index contributed by atoms with van der Waals surface area (Å²) in [5, 5.41) is 11.6. The summed E-state index contributed by atoms with van der Waals surface area (Å²) in [6, 6.07) is 21.1. The van der Waals surface area contributed by atoms with Crippen molar-refractivity contribution in [2.75, 3.05) is 9.96 Å². The van der Waals surface area contributed by atoms with E-state index in [0.29, 0.717) is 22.0 Å². The van der Waals surface area contributed by atoms with Crippen LogP contribution in [0.4, 0.5) is 11.4 Å². The minimum Gasteiger partial charge on any atom is -0.478 e. The molecule has 2 amide bonds. The van der Waals surface area contributed by atoms with Crippen molar-refractivity contribution in [3.63, 3.8) is 0 Å². The lowest BCUT2D eigenvalue weighted by atomic mass is 9.88. The number of hydrogen-bond acceptors (Lipinski definition) is 5. The summed E-state index contributed by atoms with van der Waals surface area (Å²) >= 11 is 6.07. The van der Waals surface area contributed by atoms with E-state index in [9.17, 15) is 19.5 Å². The maximum Gasteiger partial charge on any atom is 0.336 e. The van der Waals surface area contributed by atoms with Crippen LogP contribution < -0.4 is 9.96 Å². The first kappa shape index (κ1) is 20.2. The molecule has 3 atom stereocenters. The molecule has 2 saturated heterocycles. The maximum absolute atomic E-state index is 13.6. The number of benzene rings is 3. The van der Waals surface area contributed by atoms with Crippen LogP contribution in [0.1, 0.15) is 22.0 Å². The Kier molecular flexibility index (Phi) is 4.92. The Morgan fingerprint density at radius 2 is 1.56 bits per heavy atom. The number of para-hydroxylation sites is 1. The number of carboxylic acid groups (broad SMARTS) is 1. The van der Waals surface area contributed by atoms with Crippen LogP contribution in [0.3, 0.4) is 0 Å². The highest BCUT2D eigenvalue weighted by atomic mass is 35.5. The summed E-state index contributed by atoms with van der Waals surface area (Å²) in [6.07, 6.45) is -1.09. The van der Waals surface area contributed by atoms with Crippen molar-refractivity contribution in [3.05, 3.63) is 95.0 Å². The Labute approximate surface area is 188 Å². The number of hydrogen-bond donors (Lipinski definition) is 1. The topological polar surface area (TPSA) is 87.2 Å². The van der Waals surface area contributed by atoms with Gasteiger partial charge in [0.1, 0.15) is 5.92 Å². The number of carboxylic acids is 1. The van der Waals surface area contributed by atoms with Gasteiger partial charge in [-0.1, -0.05) is 54.1 Å². The lowest BCUT2D eigenvalue weighted by Gasteiger charge is -2.29. The van der Waals surface area contributed by atoms with Crippen LogP contribution >= 0.6 is 11.6 Å². The molecule has 0 saturated carbocycles. The molecule has 0 unspecified atom stereocenters. The number of fused-ring (bicyclic) bond motifs is 1. The Balaban J connectivity index is 1.64. The minimum absolute atomic E-state index is 0.0455. The largest absolute Gasteiger partial charge is 0.478 e. The average molecular weight is 449 g/mol. The predicted molar refractivity (Wildman–Crippen MR) is 117 cm³/mol. The molecule has 0 bridgehead atoms. The SMILES string of the molecule is O=C(O)c1ccccc1[C@@H]1[C@@H]2C(=O)N(c3cccc(Cl)c3)C(=O)[C@H]2ON1c1ccccc1. The number of halogens is 1. The third kappa shape index (κ3) is 3.14. The molecule has 32 heavy (non-hydrogen) atoms. The van der Waals surface area contributed by atoms with Crippen LogP contribution in [0.5, 0.6) is 0 Å². The molecule has 0 aliphatic carbocycles. The average Bonchev–Trinajstić information content (AvgIpc) is 3.30. The van der Waals surface area contributed by atoms with E-state index < -0.39 is 35.8 Å². The monoisotopic (exact) mass is 448 g/mol. The van der Waals surface area contributed by atoms with E-state index in [-0.39, 0.29) is 5.56 Å². The van der Waals surface area contributed by atoms with Gasteiger partial charge >= 0.3 is 5.97 Å². The molecule has 2 aliphatic rings. The quantitative estimate of drug-likeness (QED) is 0.605. The van der Waals surface area contributed by atoms with Gasteiger partial charge in [-0.2, -0.15) is 0 Å². The van der Waals surface area contributed by atoms with Crippen molar-refractivity contribution < 1.29 is 24.3 Å². The molecule has 1 N–H and O–H groups in total. The first-order valence-corrected chi connectivity index (χ1v) is 10.3. The number of aromatic carboxylic acids is 1. The molecule has 2 heterocycles. The van der Waals surface area contributed by atoms with Crippen LogP contribution in [-0.2, 0) is 14.4 Å². The van der Waals surface area contributed by atoms with Gasteiger partial charge in [0.2, 0.25) is 5.91 Å². The summed E-state index contributed by atoms with van der Waals surface area (Å²) < 4.78 is 0. The van der Waals surface area contributed by atoms with Gasteiger partial charge in [-0.05, 0) is 42.0 Å². The molecule has 160 valence electrons. The Hall–Kier alpha value is -3.68. The van der Waals surface area contributed by atoms with E-state index in [4.69, 9.17) is 16.4 Å². The maximum atomic E-state index is 13.6. The lowest BCUT2D eigenvalue weighted by molar-refractivity contribution is -0.126. The van der Waals surface area contributed by atoms with Gasteiger partial charge in [-0.15, -0.1) is 0 Å². The summed E-state index contributed by atoms with van der Waals surface area (Å²) in [4.78, 5) is 45.9. The number of rotatable bonds is 4. The summed E-state index contributed by atoms with van der Waals surface area (Å²) in [5.41, 5.74) is 1.40. The van der Waals surface area contributed by atoms with E-state index in [0.717, 1.165) is 4.90 Å². The fourth-order valence-corrected chi connectivity index (χ4v) is 4.53. The van der Waals surface area contributed by atoms with E-state index in [2.05, 4.69) is 0 Å². The number of imide groups is 1. The molecule has 2 fully saturated rings. The van der Waals surface area contributed by atoms with Crippen molar-refractivity contribution in [2.24, 2.45) is 5.92 Å². The Morgan fingerprint density at radius 1 is 0.875 bits per heavy atom. The van der Waals surface area contributed by atoms with Gasteiger partial charge in [-0.3, -0.25) is 14.4 Å². The van der Waals surface area contributed by atoms with Gasteiger partial charge in [-0.25, -0.2) is 14.8 Å². The molecule has 0 aromatic heterocycles. The van der Waals surface area contributed by atoms with E-state index in [1.165, 1.54) is 17.2 Å². The highest BCUT2D eigenvalue weighted by Crippen LogP contribution is 2.48. The van der Waals surface area contributed by atoms with Gasteiger partial charge in [0.15, 0.2) is 6.10 Å². The molecule has 3 aromatic rings. The Morgan fingerprint density at radius 3 is 2.28 bits per heavy atom. The second-order valence-corrected chi connectivity index (χ2v) is 7.98. The lowest BCUT2D eigenvalue weighted by Crippen LogP contribution is -2.37. The van der Waals surface area contributed by atoms with Gasteiger partial charge in [0.25, 0.3) is 5.91 Å². The van der Waals surface area contributed by atoms with E-state index >= 15 is 0 Å². The standard InChI is InChI=1S/C24H17ClN2O5/c25-14-7-6-10-16(13-14)26-22(28)19-20(17-11-4-5-12-18(17)24(30)31)27(32-21(19)23(26)29)15-8-2-1-3-9-15/h1-13,19-21H,(H,30,31)/t19-,20+,21-/m0/s1. The summed E-state index contributed by atoms with van der Waals surface area (Å²) in [5.74, 6) is -3.04. The smallest absolute Gasteiger partial charge is 0.336 e. The summed E-state index contributed by atoms with van der Waals surface area (Å²) in [6.45, 7) is 0. The van der Waals surface area contributed by atoms with Crippen molar-refractivity contribution in [1.82, 2.24) is 0 Å². The highest BCUT2D eigenvalue weighted by Gasteiger charge is 2.60. The zero-order valence-electron chi connectivity index (χ0n) is 16.6. The second kappa shape index (κ2) is 7.78. The third-order valence-electron chi connectivity index (χ3n) is 5.70. The Bertz CT molecular complexity index is 1230. The summed E-state index contributed by atoms with van der Waals surface area (Å²) in [7, 11) is 0. The zero-order chi connectivity index (χ0) is 22.4. The third-order valence-corrected chi connectivity index (χ3v) is 5.94. The van der Waals surface area contributed by atoms with Crippen LogP contribution in [0.25, 0.3) is 0 Å². The molecule has 0 radical (unpaired) electrons. The number of carbonyl (C=O) groups is 3. The van der Waals surface area contributed by atoms with Gasteiger partial charge < -0.3 is 5.11 Å². The molecule has 8 heteroatoms. The van der Waals surface area contributed by atoms with E-state index in [1.54, 1.807) is 60.7 Å². The molecule has 2 aliphatic heterocycles. The van der Waals surface area contributed by atoms with Crippen LogP contribution in [-0.4, -0.2) is 29.0 Å². The van der Waals surface area contributed by atoms with Crippen LogP contribution in [0, 0.1) is 5.92 Å². The fraction of sp³-hybridized carbons (Fsp3) is 0.125. The first-order chi connectivity index (χ1) is 15.5. The molecule has 3 aromatic carbocycles. The molecular formula is C24H17ClN2O5. The number of anilines is 2. The number of carbonyl (C=O) groups excluding carboxylic acids is 2. The molecular weight excluding hydrogens is 432 g/mol. The molecule has 5 rings (SSSR count). The van der Waals surface area contributed by atoms with Gasteiger partial charge in [0, 0.05) is 5.02 Å². The fourth-order valence-electron chi connectivity index (χ4n) is 4.35. The minimum atomic E-state index is -1.12. The first-order valence-electron chi connectivity index (χ1n) is 9.94. The number of amides is 2. The zero-order valence-corrected chi connectivity index (χ0v) is 17.3. The van der Waals surface area contributed by atoms with Crippen molar-refractivity contribution in [2.45, 2.75) is 12.1 Å². The number of nitrogens with zero attached hydrogens (tertiary/aromatic N) is 2. The number of hydroxylamine groups is 1. The van der Waals surface area contributed by atoms with Gasteiger partial charge in [0.05, 0.1) is 23.0 Å². The predicted octanol–water partition coefficient (Wildman–Crippen LogP) is 4.09. The normalized spacial score (nSPS) is 22.3. The highest BCUT2D eigenvalue weighted by molar-refractivity contribution is 6.31. The van der Waals surface area contributed by atoms with Crippen molar-refractivity contribution >= 4 is 40.8 Å². The van der Waals surface area contributed by atoms with Crippen LogP contribution in [0.2, 0.25) is 5.02 Å². The molecule has 7 nitrogen and oxygen atoms in total. The van der Waals surface area contributed by atoms with E-state index in [1.807, 2.05) is 6.07 Å².